The lowest BCUT2D eigenvalue weighted by Gasteiger charge is -2.28. The summed E-state index contributed by atoms with van der Waals surface area (Å²) in [5.74, 6) is 0.885. The SMILES string of the molecule is O=C(NC1c2ccccc2-c2c(-c3ccnc(N4CCNCC4)c3)cccc21)c1ccnc2[nH]ccc12. The molecule has 3 N–H and O–H groups in total. The fourth-order valence-corrected chi connectivity index (χ4v) is 5.67. The van der Waals surface area contributed by atoms with E-state index in [2.05, 4.69) is 79.0 Å². The number of carbonyl (C=O) groups is 1. The van der Waals surface area contributed by atoms with Crippen molar-refractivity contribution in [2.75, 3.05) is 31.1 Å². The highest BCUT2D eigenvalue weighted by Gasteiger charge is 2.32. The number of piperazine rings is 1. The first-order valence-corrected chi connectivity index (χ1v) is 12.7. The van der Waals surface area contributed by atoms with E-state index in [9.17, 15) is 4.79 Å². The molecule has 1 aliphatic heterocycles. The van der Waals surface area contributed by atoms with Crippen LogP contribution in [0.25, 0.3) is 33.3 Å². The van der Waals surface area contributed by atoms with Gasteiger partial charge in [0.2, 0.25) is 0 Å². The number of rotatable bonds is 4. The number of pyridine rings is 2. The number of anilines is 1. The van der Waals surface area contributed by atoms with Gasteiger partial charge in [0.15, 0.2) is 0 Å². The highest BCUT2D eigenvalue weighted by molar-refractivity contribution is 6.06. The minimum atomic E-state index is -0.240. The normalized spacial score (nSPS) is 16.4. The van der Waals surface area contributed by atoms with Crippen LogP contribution >= 0.6 is 0 Å². The summed E-state index contributed by atoms with van der Waals surface area (Å²) in [4.78, 5) is 28.0. The third kappa shape index (κ3) is 3.67. The quantitative estimate of drug-likeness (QED) is 0.347. The van der Waals surface area contributed by atoms with Gasteiger partial charge < -0.3 is 20.5 Å². The van der Waals surface area contributed by atoms with Crippen LogP contribution in [-0.4, -0.2) is 47.0 Å². The molecule has 5 aromatic rings. The molecule has 0 bridgehead atoms. The second-order valence-corrected chi connectivity index (χ2v) is 9.50. The number of hydrogen-bond donors (Lipinski definition) is 3. The van der Waals surface area contributed by atoms with Crippen molar-refractivity contribution < 1.29 is 4.79 Å². The number of nitrogens with one attached hydrogen (secondary N) is 3. The van der Waals surface area contributed by atoms with Crippen LogP contribution in [0, 0.1) is 0 Å². The fourth-order valence-electron chi connectivity index (χ4n) is 5.67. The number of benzene rings is 2. The van der Waals surface area contributed by atoms with Gasteiger partial charge in [0.05, 0.1) is 11.6 Å². The molecule has 182 valence electrons. The first-order valence-electron chi connectivity index (χ1n) is 12.7. The van der Waals surface area contributed by atoms with Crippen LogP contribution < -0.4 is 15.5 Å². The molecule has 0 saturated carbocycles. The number of fused-ring (bicyclic) bond motifs is 4. The number of H-pyrrole nitrogens is 1. The van der Waals surface area contributed by atoms with E-state index in [1.165, 1.54) is 5.56 Å². The monoisotopic (exact) mass is 486 g/mol. The molecule has 2 aromatic carbocycles. The summed E-state index contributed by atoms with van der Waals surface area (Å²) in [5, 5.41) is 7.55. The van der Waals surface area contributed by atoms with E-state index in [4.69, 9.17) is 0 Å². The largest absolute Gasteiger partial charge is 0.354 e. The maximum atomic E-state index is 13.5. The van der Waals surface area contributed by atoms with Gasteiger partial charge in [-0.25, -0.2) is 9.97 Å². The van der Waals surface area contributed by atoms with Gasteiger partial charge in [-0.15, -0.1) is 0 Å². The van der Waals surface area contributed by atoms with Crippen molar-refractivity contribution in [1.29, 1.82) is 0 Å². The van der Waals surface area contributed by atoms with Gasteiger partial charge >= 0.3 is 0 Å². The molecule has 7 heteroatoms. The maximum absolute atomic E-state index is 13.5. The summed E-state index contributed by atoms with van der Waals surface area (Å²) in [6.45, 7) is 3.83. The standard InChI is InChI=1S/C30H26N6O/c37-30(24-10-13-34-29-23(24)9-12-33-29)35-28-22-5-2-1-4-21(22)27-20(6-3-7-25(27)28)19-8-11-32-26(18-19)36-16-14-31-15-17-36/h1-13,18,28,31H,14-17H2,(H,33,34)(H,35,37). The van der Waals surface area contributed by atoms with E-state index in [0.29, 0.717) is 11.2 Å². The van der Waals surface area contributed by atoms with Crippen LogP contribution in [0.4, 0.5) is 5.82 Å². The average Bonchev–Trinajstić information content (AvgIpc) is 3.57. The Morgan fingerprint density at radius 2 is 1.70 bits per heavy atom. The van der Waals surface area contributed by atoms with Gasteiger partial charge in [-0.2, -0.15) is 0 Å². The van der Waals surface area contributed by atoms with Crippen LogP contribution in [-0.2, 0) is 0 Å². The summed E-state index contributed by atoms with van der Waals surface area (Å²) in [7, 11) is 0. The first-order chi connectivity index (χ1) is 18.3. The Labute approximate surface area is 214 Å². The third-order valence-electron chi connectivity index (χ3n) is 7.43. The maximum Gasteiger partial charge on any atom is 0.252 e. The summed E-state index contributed by atoms with van der Waals surface area (Å²) < 4.78 is 0. The predicted molar refractivity (Wildman–Crippen MR) is 146 cm³/mol. The predicted octanol–water partition coefficient (Wildman–Crippen LogP) is 4.53. The number of aromatic nitrogens is 3. The van der Waals surface area contributed by atoms with Crippen LogP contribution in [0.15, 0.2) is 85.3 Å². The highest BCUT2D eigenvalue weighted by Crippen LogP contribution is 2.48. The zero-order valence-electron chi connectivity index (χ0n) is 20.2. The molecule has 0 spiro atoms. The zero-order valence-corrected chi connectivity index (χ0v) is 20.2. The molecular weight excluding hydrogens is 460 g/mol. The van der Waals surface area contributed by atoms with Gasteiger partial charge in [-0.1, -0.05) is 42.5 Å². The summed E-state index contributed by atoms with van der Waals surface area (Å²) >= 11 is 0. The second-order valence-electron chi connectivity index (χ2n) is 9.50. The average molecular weight is 487 g/mol. The molecule has 1 unspecified atom stereocenters. The van der Waals surface area contributed by atoms with Crippen molar-refractivity contribution >= 4 is 22.8 Å². The lowest BCUT2D eigenvalue weighted by molar-refractivity contribution is 0.0945. The van der Waals surface area contributed by atoms with Crippen LogP contribution in [0.1, 0.15) is 27.5 Å². The molecular formula is C30H26N6O. The molecule has 1 saturated heterocycles. The van der Waals surface area contributed by atoms with Gasteiger partial charge in [0, 0.05) is 50.2 Å². The number of amides is 1. The zero-order chi connectivity index (χ0) is 24.8. The van der Waals surface area contributed by atoms with Crippen molar-refractivity contribution in [3.05, 3.63) is 102 Å². The van der Waals surface area contributed by atoms with Gasteiger partial charge in [0.1, 0.15) is 11.5 Å². The van der Waals surface area contributed by atoms with Crippen LogP contribution in [0.3, 0.4) is 0 Å². The van der Waals surface area contributed by atoms with E-state index >= 15 is 0 Å². The molecule has 1 amide bonds. The van der Waals surface area contributed by atoms with E-state index in [1.807, 2.05) is 24.5 Å². The summed E-state index contributed by atoms with van der Waals surface area (Å²) in [5.41, 5.74) is 8.13. The smallest absolute Gasteiger partial charge is 0.252 e. The molecule has 2 aliphatic rings. The Bertz CT molecular complexity index is 1630. The molecule has 4 heterocycles. The molecule has 37 heavy (non-hydrogen) atoms. The fraction of sp³-hybridized carbons (Fsp3) is 0.167. The van der Waals surface area contributed by atoms with Crippen LogP contribution in [0.2, 0.25) is 0 Å². The minimum absolute atomic E-state index is 0.116. The molecule has 1 atom stereocenters. The third-order valence-corrected chi connectivity index (χ3v) is 7.43. The van der Waals surface area contributed by atoms with Crippen molar-refractivity contribution in [1.82, 2.24) is 25.6 Å². The van der Waals surface area contributed by atoms with Gasteiger partial charge in [-0.3, -0.25) is 4.79 Å². The van der Waals surface area contributed by atoms with Crippen molar-refractivity contribution in [2.24, 2.45) is 0 Å². The lowest BCUT2D eigenvalue weighted by atomic mass is 9.94. The highest BCUT2D eigenvalue weighted by atomic mass is 16.1. The molecule has 7 rings (SSSR count). The van der Waals surface area contributed by atoms with Crippen molar-refractivity contribution in [3.63, 3.8) is 0 Å². The van der Waals surface area contributed by atoms with Gasteiger partial charge in [-0.05, 0) is 57.6 Å². The second kappa shape index (κ2) is 8.87. The Morgan fingerprint density at radius 1 is 0.892 bits per heavy atom. The molecule has 3 aromatic heterocycles. The number of carbonyl (C=O) groups excluding carboxylic acids is 1. The van der Waals surface area contributed by atoms with E-state index in [-0.39, 0.29) is 11.9 Å². The lowest BCUT2D eigenvalue weighted by Crippen LogP contribution is -2.43. The number of aromatic amines is 1. The summed E-state index contributed by atoms with van der Waals surface area (Å²) in [6.07, 6.45) is 5.38. The Hall–Kier alpha value is -4.49. The number of nitrogens with zero attached hydrogens (tertiary/aromatic N) is 3. The van der Waals surface area contributed by atoms with E-state index in [0.717, 1.165) is 65.2 Å². The van der Waals surface area contributed by atoms with Crippen molar-refractivity contribution in [2.45, 2.75) is 6.04 Å². The molecule has 1 fully saturated rings. The molecule has 0 radical (unpaired) electrons. The van der Waals surface area contributed by atoms with Gasteiger partial charge in [0.25, 0.3) is 5.91 Å². The number of hydrogen-bond acceptors (Lipinski definition) is 5. The van der Waals surface area contributed by atoms with Crippen molar-refractivity contribution in [3.8, 4) is 22.3 Å². The molecule has 7 nitrogen and oxygen atoms in total. The summed E-state index contributed by atoms with van der Waals surface area (Å²) in [6, 6.07) is 22.4. The van der Waals surface area contributed by atoms with E-state index < -0.39 is 0 Å². The van der Waals surface area contributed by atoms with E-state index in [1.54, 1.807) is 12.3 Å². The Balaban J connectivity index is 1.30. The first kappa shape index (κ1) is 21.8. The molecule has 1 aliphatic carbocycles. The minimum Gasteiger partial charge on any atom is -0.354 e. The Kier molecular flexibility index (Phi) is 5.22. The topological polar surface area (TPSA) is 85.9 Å². The Morgan fingerprint density at radius 3 is 2.62 bits per heavy atom. The van der Waals surface area contributed by atoms with Crippen LogP contribution in [0.5, 0.6) is 0 Å².